The Hall–Kier alpha value is -3.01. The Kier molecular flexibility index (Phi) is 8.47. The normalized spacial score (nSPS) is 13.6. The fraction of sp³-hybridized carbons (Fsp3) is 0.310. The number of amides is 2. The molecule has 0 bridgehead atoms. The van der Waals surface area contributed by atoms with Crippen molar-refractivity contribution in [3.05, 3.63) is 91.0 Å². The topological polar surface area (TPSA) is 69.4 Å². The Balaban J connectivity index is 2.02. The minimum Gasteiger partial charge on any atom is -0.414 e. The van der Waals surface area contributed by atoms with Gasteiger partial charge in [-0.25, -0.2) is 4.48 Å². The van der Waals surface area contributed by atoms with Gasteiger partial charge in [0.25, 0.3) is 5.91 Å². The van der Waals surface area contributed by atoms with Crippen LogP contribution in [-0.2, 0) is 9.53 Å². The van der Waals surface area contributed by atoms with Crippen molar-refractivity contribution in [2.24, 2.45) is 5.73 Å². The zero-order chi connectivity index (χ0) is 25.5. The van der Waals surface area contributed by atoms with Gasteiger partial charge in [0.05, 0.1) is 19.8 Å². The van der Waals surface area contributed by atoms with Crippen molar-refractivity contribution >= 4 is 35.2 Å². The van der Waals surface area contributed by atoms with Crippen LogP contribution >= 0.6 is 7.26 Å². The van der Waals surface area contributed by atoms with Crippen LogP contribution in [0.2, 0.25) is 0 Å². The highest BCUT2D eigenvalue weighted by molar-refractivity contribution is 7.95. The standard InChI is InChI=1S/C29H36N2O3P/c1-29(2,3)34-28(33)31(4,23-27(30)32)21-14-22-35(24-15-8-5-9-16-24,25-17-10-6-11-18-25)26-19-12-7-13-20-26/h5-13,15-20H,14,21-23H2,1-4H3,(H-,30,32)/q+1/p+1. The summed E-state index contributed by atoms with van der Waals surface area (Å²) in [6.45, 7) is 5.84. The van der Waals surface area contributed by atoms with Gasteiger partial charge in [-0.3, -0.25) is 4.79 Å². The van der Waals surface area contributed by atoms with E-state index in [9.17, 15) is 9.59 Å². The molecular weight excluding hydrogens is 455 g/mol. The van der Waals surface area contributed by atoms with Crippen LogP contribution in [0, 0.1) is 0 Å². The molecule has 0 aliphatic heterocycles. The third-order valence-electron chi connectivity index (χ3n) is 6.08. The van der Waals surface area contributed by atoms with Crippen molar-refractivity contribution in [1.29, 1.82) is 0 Å². The number of hydrogen-bond acceptors (Lipinski definition) is 3. The molecule has 184 valence electrons. The minimum atomic E-state index is -2.02. The lowest BCUT2D eigenvalue weighted by Gasteiger charge is -2.33. The maximum Gasteiger partial charge on any atom is 0.516 e. The smallest absolute Gasteiger partial charge is 0.414 e. The average Bonchev–Trinajstić information content (AvgIpc) is 2.82. The second kappa shape index (κ2) is 11.2. The predicted octanol–water partition coefficient (Wildman–Crippen LogP) is 4.24. The van der Waals surface area contributed by atoms with Crippen LogP contribution in [0.1, 0.15) is 27.2 Å². The molecule has 0 radical (unpaired) electrons. The molecule has 0 aliphatic carbocycles. The summed E-state index contributed by atoms with van der Waals surface area (Å²) < 4.78 is 5.50. The molecule has 6 heteroatoms. The fourth-order valence-corrected chi connectivity index (χ4v) is 8.82. The number of ether oxygens (including phenoxy) is 1. The van der Waals surface area contributed by atoms with E-state index in [0.29, 0.717) is 6.54 Å². The lowest BCUT2D eigenvalue weighted by atomic mass is 10.2. The molecule has 3 aromatic rings. The molecule has 0 fully saturated rings. The van der Waals surface area contributed by atoms with E-state index in [1.807, 2.05) is 39.0 Å². The number of quaternary nitrogens is 1. The molecule has 0 aliphatic rings. The van der Waals surface area contributed by atoms with Crippen molar-refractivity contribution < 1.29 is 18.8 Å². The number of likely N-dealkylation sites (N-methyl/N-ethyl adjacent to an activating group) is 1. The molecule has 3 rings (SSSR count). The summed E-state index contributed by atoms with van der Waals surface area (Å²) in [5, 5.41) is 3.87. The second-order valence-electron chi connectivity index (χ2n) is 10.1. The van der Waals surface area contributed by atoms with Crippen molar-refractivity contribution in [2.45, 2.75) is 32.8 Å². The van der Waals surface area contributed by atoms with E-state index in [0.717, 1.165) is 12.6 Å². The molecule has 0 saturated heterocycles. The van der Waals surface area contributed by atoms with E-state index in [1.165, 1.54) is 15.9 Å². The quantitative estimate of drug-likeness (QED) is 0.359. The maximum absolute atomic E-state index is 13.1. The van der Waals surface area contributed by atoms with Gasteiger partial charge >= 0.3 is 6.09 Å². The van der Waals surface area contributed by atoms with Gasteiger partial charge in [-0.15, -0.1) is 0 Å². The van der Waals surface area contributed by atoms with Crippen molar-refractivity contribution in [1.82, 2.24) is 0 Å². The van der Waals surface area contributed by atoms with E-state index < -0.39 is 24.9 Å². The first kappa shape index (κ1) is 26.6. The van der Waals surface area contributed by atoms with Gasteiger partial charge in [0.1, 0.15) is 28.8 Å². The average molecular weight is 493 g/mol. The number of carbonyl (C=O) groups excluding carboxylic acids is 2. The largest absolute Gasteiger partial charge is 0.516 e. The van der Waals surface area contributed by atoms with Crippen LogP contribution in [0.25, 0.3) is 0 Å². The lowest BCUT2D eigenvalue weighted by molar-refractivity contribution is -0.830. The first-order chi connectivity index (χ1) is 16.6. The van der Waals surface area contributed by atoms with Gasteiger partial charge in [0.15, 0.2) is 6.54 Å². The second-order valence-corrected chi connectivity index (χ2v) is 13.7. The van der Waals surface area contributed by atoms with E-state index in [4.69, 9.17) is 10.5 Å². The lowest BCUT2D eigenvalue weighted by Crippen LogP contribution is -2.56. The summed E-state index contributed by atoms with van der Waals surface area (Å²) >= 11 is 0. The third-order valence-corrected chi connectivity index (χ3v) is 10.6. The molecule has 0 saturated carbocycles. The summed E-state index contributed by atoms with van der Waals surface area (Å²) in [5.74, 6) is -0.520. The summed E-state index contributed by atoms with van der Waals surface area (Å²) in [7, 11) is -0.280. The number of primary amides is 1. The van der Waals surface area contributed by atoms with Crippen LogP contribution in [-0.4, -0.2) is 48.4 Å². The number of hydrogen-bond donors (Lipinski definition) is 1. The highest BCUT2D eigenvalue weighted by Crippen LogP contribution is 2.55. The van der Waals surface area contributed by atoms with Crippen LogP contribution < -0.4 is 21.6 Å². The molecule has 5 nitrogen and oxygen atoms in total. The van der Waals surface area contributed by atoms with E-state index in [-0.39, 0.29) is 11.0 Å². The molecule has 1 atom stereocenters. The molecule has 0 heterocycles. The molecule has 0 spiro atoms. The van der Waals surface area contributed by atoms with Crippen molar-refractivity contribution in [2.75, 3.05) is 26.3 Å². The Labute approximate surface area is 209 Å². The highest BCUT2D eigenvalue weighted by atomic mass is 31.2. The van der Waals surface area contributed by atoms with E-state index in [1.54, 1.807) is 7.05 Å². The van der Waals surface area contributed by atoms with Crippen molar-refractivity contribution in [3.63, 3.8) is 0 Å². The Morgan fingerprint density at radius 1 is 0.800 bits per heavy atom. The van der Waals surface area contributed by atoms with Crippen LogP contribution in [0.4, 0.5) is 4.79 Å². The summed E-state index contributed by atoms with van der Waals surface area (Å²) in [6, 6.07) is 31.9. The van der Waals surface area contributed by atoms with Crippen LogP contribution in [0.3, 0.4) is 0 Å². The number of carbonyl (C=O) groups is 2. The minimum absolute atomic E-state index is 0.0949. The van der Waals surface area contributed by atoms with E-state index in [2.05, 4.69) is 72.8 Å². The van der Waals surface area contributed by atoms with Gasteiger partial charge in [-0.1, -0.05) is 54.6 Å². The monoisotopic (exact) mass is 492 g/mol. The SMILES string of the molecule is CC(C)(C)OC(=O)[N+](C)(CCC[P+](c1ccccc1)(c1ccccc1)c1ccccc1)CC(N)=O. The summed E-state index contributed by atoms with van der Waals surface area (Å²) in [5.41, 5.74) is 4.91. The van der Waals surface area contributed by atoms with Gasteiger partial charge in [0.2, 0.25) is 0 Å². The summed E-state index contributed by atoms with van der Waals surface area (Å²) in [4.78, 5) is 25.0. The first-order valence-corrected chi connectivity index (χ1v) is 14.0. The van der Waals surface area contributed by atoms with Gasteiger partial charge in [-0.05, 0) is 57.2 Å². The molecule has 0 aromatic heterocycles. The van der Waals surface area contributed by atoms with Gasteiger partial charge in [-0.2, -0.15) is 4.79 Å². The zero-order valence-electron chi connectivity index (χ0n) is 21.2. The molecule has 3 aromatic carbocycles. The number of rotatable bonds is 9. The Morgan fingerprint density at radius 3 is 1.54 bits per heavy atom. The van der Waals surface area contributed by atoms with Crippen LogP contribution in [0.5, 0.6) is 0 Å². The number of benzene rings is 3. The molecular formula is C29H37N2O3P+2. The third kappa shape index (κ3) is 6.56. The summed E-state index contributed by atoms with van der Waals surface area (Å²) in [6.07, 6.45) is 1.13. The molecule has 2 amide bonds. The number of nitrogens with two attached hydrogens (primary N) is 1. The molecule has 35 heavy (non-hydrogen) atoms. The number of nitrogens with zero attached hydrogens (tertiary/aromatic N) is 1. The molecule has 2 N–H and O–H groups in total. The van der Waals surface area contributed by atoms with Crippen LogP contribution in [0.15, 0.2) is 91.0 Å². The van der Waals surface area contributed by atoms with Gasteiger partial charge < -0.3 is 10.5 Å². The van der Waals surface area contributed by atoms with E-state index >= 15 is 0 Å². The Bertz CT molecular complexity index is 1020. The van der Waals surface area contributed by atoms with Crippen molar-refractivity contribution in [3.8, 4) is 0 Å². The first-order valence-electron chi connectivity index (χ1n) is 12.0. The highest BCUT2D eigenvalue weighted by Gasteiger charge is 2.46. The molecule has 1 unspecified atom stereocenters. The fourth-order valence-electron chi connectivity index (χ4n) is 4.49. The maximum atomic E-state index is 13.1. The predicted molar refractivity (Wildman–Crippen MR) is 146 cm³/mol. The Morgan fingerprint density at radius 2 is 1.20 bits per heavy atom. The zero-order valence-corrected chi connectivity index (χ0v) is 22.1. The van der Waals surface area contributed by atoms with Gasteiger partial charge in [0, 0.05) is 6.42 Å².